The van der Waals surface area contributed by atoms with Crippen LogP contribution in [-0.2, 0) is 10.3 Å². The number of amides is 1. The van der Waals surface area contributed by atoms with Crippen LogP contribution in [0.15, 0.2) is 28.7 Å². The van der Waals surface area contributed by atoms with E-state index in [2.05, 4.69) is 15.9 Å². The molecule has 17 heavy (non-hydrogen) atoms. The first-order valence-corrected chi connectivity index (χ1v) is 6.61. The number of halogens is 1. The van der Waals surface area contributed by atoms with Crippen LogP contribution in [0.25, 0.3) is 0 Å². The van der Waals surface area contributed by atoms with Crippen molar-refractivity contribution in [2.75, 3.05) is 4.90 Å². The number of carboxylic acid groups (broad SMARTS) is 1. The van der Waals surface area contributed by atoms with Gasteiger partial charge in [0.15, 0.2) is 0 Å². The largest absolute Gasteiger partial charge is 0.465 e. The maximum absolute atomic E-state index is 11.2. The average Bonchev–Trinajstić information content (AvgIpc) is 3.01. The predicted octanol–water partition coefficient (Wildman–Crippen LogP) is 1.76. The molecule has 0 aliphatic heterocycles. The molecule has 1 aliphatic carbocycles. The van der Waals surface area contributed by atoms with Gasteiger partial charge in [-0.25, -0.2) is 4.79 Å². The molecule has 7 heteroatoms. The predicted molar refractivity (Wildman–Crippen MR) is 67.0 cm³/mol. The van der Waals surface area contributed by atoms with Crippen LogP contribution in [0.5, 0.6) is 0 Å². The topological polar surface area (TPSA) is 74.7 Å². The number of para-hydroxylation sites is 1. The Bertz CT molecular complexity index is 602. The van der Waals surface area contributed by atoms with E-state index in [0.29, 0.717) is 10.2 Å². The van der Waals surface area contributed by atoms with E-state index in [9.17, 15) is 13.2 Å². The van der Waals surface area contributed by atoms with Crippen LogP contribution in [-0.4, -0.2) is 30.5 Å². The number of anilines is 1. The summed E-state index contributed by atoms with van der Waals surface area (Å²) in [6.07, 6.45) is -0.897. The molecule has 1 amide bonds. The smallest absolute Gasteiger partial charge is 0.412 e. The van der Waals surface area contributed by atoms with E-state index in [-0.39, 0.29) is 11.3 Å². The minimum Gasteiger partial charge on any atom is -0.465 e. The molecule has 2 rings (SSSR count). The molecule has 0 spiro atoms. The summed E-state index contributed by atoms with van der Waals surface area (Å²) in [5.74, 6) is 0. The van der Waals surface area contributed by atoms with Gasteiger partial charge in [-0.05, 0) is 28.1 Å². The zero-order valence-electron chi connectivity index (χ0n) is 8.50. The summed E-state index contributed by atoms with van der Waals surface area (Å²) in [5, 5.41) is 9.15. The summed E-state index contributed by atoms with van der Waals surface area (Å²) in [6.45, 7) is 0. The molecule has 0 saturated heterocycles. The van der Waals surface area contributed by atoms with Gasteiger partial charge in [0, 0.05) is 10.9 Å². The van der Waals surface area contributed by atoms with Gasteiger partial charge in [-0.3, -0.25) is 4.90 Å². The second-order valence-electron chi connectivity index (χ2n) is 3.52. The number of hydrogen-bond acceptors (Lipinski definition) is 3. The van der Waals surface area contributed by atoms with E-state index in [1.165, 1.54) is 0 Å². The number of hydrogen-bond donors (Lipinski definition) is 1. The lowest BCUT2D eigenvalue weighted by Crippen LogP contribution is -2.33. The number of benzene rings is 1. The van der Waals surface area contributed by atoms with Gasteiger partial charge in [-0.1, -0.05) is 12.1 Å². The van der Waals surface area contributed by atoms with Crippen molar-refractivity contribution < 1.29 is 18.3 Å². The molecule has 1 aromatic carbocycles. The molecule has 0 radical (unpaired) electrons. The van der Waals surface area contributed by atoms with Crippen molar-refractivity contribution in [3.8, 4) is 0 Å². The Balaban J connectivity index is 2.43. The second kappa shape index (κ2) is 4.50. The highest BCUT2D eigenvalue weighted by Gasteiger charge is 2.43. The average molecular weight is 318 g/mol. The maximum Gasteiger partial charge on any atom is 0.412 e. The second-order valence-corrected chi connectivity index (χ2v) is 5.37. The molecule has 1 atom stereocenters. The van der Waals surface area contributed by atoms with Crippen LogP contribution in [0.3, 0.4) is 0 Å². The Kier molecular flexibility index (Phi) is 3.21. The summed E-state index contributed by atoms with van der Waals surface area (Å²) in [4.78, 5) is 12.5. The lowest BCUT2D eigenvalue weighted by molar-refractivity contribution is 0.202. The van der Waals surface area contributed by atoms with Crippen LogP contribution in [0, 0.1) is 0 Å². The Labute approximate surface area is 107 Å². The van der Waals surface area contributed by atoms with E-state index < -0.39 is 22.4 Å². The SMILES string of the molecule is O=C(O)N(c1ccccc1Br)C1CC1=S(=O)=O. The standard InChI is InChI=1S/C10H8BrNO4S/c11-6-3-1-2-4-7(6)12(10(13)14)8-5-9(8)17(15)16/h1-4,8H,5H2,(H,13,14). The van der Waals surface area contributed by atoms with Crippen LogP contribution in [0.2, 0.25) is 0 Å². The highest BCUT2D eigenvalue weighted by atomic mass is 79.9. The van der Waals surface area contributed by atoms with Gasteiger partial charge in [0.2, 0.25) is 10.3 Å². The summed E-state index contributed by atoms with van der Waals surface area (Å²) in [6, 6.07) is 6.23. The third kappa shape index (κ3) is 2.34. The number of rotatable bonds is 2. The van der Waals surface area contributed by atoms with Crippen LogP contribution in [0.1, 0.15) is 6.42 Å². The lowest BCUT2D eigenvalue weighted by atomic mass is 10.3. The molecular weight excluding hydrogens is 310 g/mol. The quantitative estimate of drug-likeness (QED) is 0.843. The lowest BCUT2D eigenvalue weighted by Gasteiger charge is -2.19. The summed E-state index contributed by atoms with van der Waals surface area (Å²) in [5.41, 5.74) is 0.449. The van der Waals surface area contributed by atoms with Crippen LogP contribution >= 0.6 is 15.9 Å². The number of carbonyl (C=O) groups is 1. The van der Waals surface area contributed by atoms with E-state index in [0.717, 1.165) is 4.90 Å². The molecule has 5 nitrogen and oxygen atoms in total. The Morgan fingerprint density at radius 2 is 2.06 bits per heavy atom. The third-order valence-corrected chi connectivity index (χ3v) is 3.99. The molecule has 1 N–H and O–H groups in total. The highest BCUT2D eigenvalue weighted by molar-refractivity contribution is 9.10. The molecular formula is C10H8BrNO4S. The molecule has 0 heterocycles. The minimum absolute atomic E-state index is 0.225. The molecule has 1 aromatic rings. The van der Waals surface area contributed by atoms with E-state index in [1.807, 2.05) is 0 Å². The monoisotopic (exact) mass is 317 g/mol. The summed E-state index contributed by atoms with van der Waals surface area (Å²) >= 11 is 3.25. The Hall–Kier alpha value is -1.34. The fraction of sp³-hybridized carbons (Fsp3) is 0.200. The first-order valence-electron chi connectivity index (χ1n) is 4.74. The summed E-state index contributed by atoms with van der Waals surface area (Å²) in [7, 11) is -2.31. The highest BCUT2D eigenvalue weighted by Crippen LogP contribution is 2.33. The molecule has 0 aromatic heterocycles. The fourth-order valence-electron chi connectivity index (χ4n) is 1.60. The van der Waals surface area contributed by atoms with Gasteiger partial charge in [-0.2, -0.15) is 8.42 Å². The first kappa shape index (κ1) is 12.1. The maximum atomic E-state index is 11.2. The van der Waals surface area contributed by atoms with Gasteiger partial charge < -0.3 is 5.11 Å². The molecule has 1 fully saturated rings. The first-order chi connectivity index (χ1) is 8.02. The number of nitrogens with zero attached hydrogens (tertiary/aromatic N) is 1. The van der Waals surface area contributed by atoms with Crippen molar-refractivity contribution in [1.29, 1.82) is 0 Å². The zero-order chi connectivity index (χ0) is 12.6. The van der Waals surface area contributed by atoms with Gasteiger partial charge in [-0.15, -0.1) is 0 Å². The molecule has 1 unspecified atom stereocenters. The van der Waals surface area contributed by atoms with Crippen molar-refractivity contribution >= 4 is 42.9 Å². The Morgan fingerprint density at radius 3 is 2.53 bits per heavy atom. The molecule has 1 aliphatic rings. The molecule has 90 valence electrons. The van der Waals surface area contributed by atoms with Gasteiger partial charge >= 0.3 is 6.09 Å². The van der Waals surface area contributed by atoms with Crippen molar-refractivity contribution in [1.82, 2.24) is 0 Å². The van der Waals surface area contributed by atoms with Crippen molar-refractivity contribution in [3.63, 3.8) is 0 Å². The van der Waals surface area contributed by atoms with E-state index in [1.54, 1.807) is 24.3 Å². The zero-order valence-corrected chi connectivity index (χ0v) is 10.9. The van der Waals surface area contributed by atoms with Gasteiger partial charge in [0.1, 0.15) is 0 Å². The molecule has 1 saturated carbocycles. The van der Waals surface area contributed by atoms with E-state index in [4.69, 9.17) is 5.11 Å². The fourth-order valence-corrected chi connectivity index (χ4v) is 2.69. The molecule has 0 bridgehead atoms. The minimum atomic E-state index is -2.31. The van der Waals surface area contributed by atoms with Crippen molar-refractivity contribution in [2.24, 2.45) is 0 Å². The van der Waals surface area contributed by atoms with Crippen molar-refractivity contribution in [3.05, 3.63) is 28.7 Å². The third-order valence-electron chi connectivity index (χ3n) is 2.45. The van der Waals surface area contributed by atoms with E-state index >= 15 is 0 Å². The van der Waals surface area contributed by atoms with Crippen LogP contribution in [0.4, 0.5) is 10.5 Å². The van der Waals surface area contributed by atoms with Crippen molar-refractivity contribution in [2.45, 2.75) is 12.5 Å². The van der Waals surface area contributed by atoms with Gasteiger partial charge in [0.25, 0.3) is 0 Å². The Morgan fingerprint density at radius 1 is 1.41 bits per heavy atom. The summed E-state index contributed by atoms with van der Waals surface area (Å²) < 4.78 is 22.1. The van der Waals surface area contributed by atoms with Crippen LogP contribution < -0.4 is 4.90 Å². The normalized spacial score (nSPS) is 17.7. The van der Waals surface area contributed by atoms with Gasteiger partial charge in [0.05, 0.1) is 16.6 Å².